The number of carbonyl (C=O) groups excluding carboxylic acids is 1. The number of imidazole rings is 1. The zero-order valence-electron chi connectivity index (χ0n) is 20.5. The maximum atomic E-state index is 12.9. The van der Waals surface area contributed by atoms with Gasteiger partial charge in [-0.1, -0.05) is 35.9 Å². The zero-order chi connectivity index (χ0) is 26.6. The quantitative estimate of drug-likeness (QED) is 0.205. The van der Waals surface area contributed by atoms with Crippen LogP contribution < -0.4 is 10.2 Å². The first-order chi connectivity index (χ1) is 18.4. The molecule has 1 saturated heterocycles. The molecule has 0 bridgehead atoms. The Morgan fingerprint density at radius 1 is 1.13 bits per heavy atom. The molecule has 3 heterocycles. The number of piperazine rings is 1. The second-order valence-corrected chi connectivity index (χ2v) is 9.24. The number of aromatic nitrogens is 4. The molecule has 0 atom stereocenters. The van der Waals surface area contributed by atoms with Crippen LogP contribution in [0.1, 0.15) is 15.9 Å². The van der Waals surface area contributed by atoms with Crippen molar-refractivity contribution in [3.05, 3.63) is 93.8 Å². The molecule has 2 aromatic heterocycles. The van der Waals surface area contributed by atoms with Crippen LogP contribution in [0, 0.1) is 10.1 Å². The Balaban J connectivity index is 1.38. The Hall–Kier alpha value is -4.51. The van der Waals surface area contributed by atoms with Gasteiger partial charge in [0.1, 0.15) is 0 Å². The number of fused-ring (bicyclic) bond motifs is 1. The minimum absolute atomic E-state index is 0.0396. The number of amides is 1. The molecule has 0 radical (unpaired) electrons. The molecule has 5 rings (SSSR count). The average molecular weight is 533 g/mol. The summed E-state index contributed by atoms with van der Waals surface area (Å²) in [5.74, 6) is 1.06. The van der Waals surface area contributed by atoms with Crippen LogP contribution in [0.3, 0.4) is 0 Å². The molecule has 38 heavy (non-hydrogen) atoms. The molecule has 0 unspecified atom stereocenters. The van der Waals surface area contributed by atoms with Crippen molar-refractivity contribution in [2.45, 2.75) is 6.54 Å². The van der Waals surface area contributed by atoms with Gasteiger partial charge in [-0.05, 0) is 23.8 Å². The van der Waals surface area contributed by atoms with Gasteiger partial charge >= 0.3 is 0 Å². The lowest BCUT2D eigenvalue weighted by Crippen LogP contribution is -2.49. The standard InChI is InChI=1S/C26H25ClN8O3/c1-2-10-28-23-22-24(34(17-29-22)16-18-6-8-21(9-7-18)35(37)38)31-26(30-23)33-13-11-32(12-14-33)25(36)19-4-3-5-20(27)15-19/h2-9,15,17H,1,10-14,16H2,(H,28,30,31). The molecule has 1 aliphatic heterocycles. The van der Waals surface area contributed by atoms with E-state index >= 15 is 0 Å². The Morgan fingerprint density at radius 3 is 2.58 bits per heavy atom. The highest BCUT2D eigenvalue weighted by molar-refractivity contribution is 6.30. The van der Waals surface area contributed by atoms with Gasteiger partial charge in [-0.2, -0.15) is 9.97 Å². The van der Waals surface area contributed by atoms with Crippen LogP contribution in [0.5, 0.6) is 0 Å². The van der Waals surface area contributed by atoms with Crippen molar-refractivity contribution < 1.29 is 9.72 Å². The number of non-ortho nitro benzene ring substituents is 1. The SMILES string of the molecule is C=CCNc1nc(N2CCN(C(=O)c3cccc(Cl)c3)CC2)nc2c1ncn2Cc1ccc([N+](=O)[O-])cc1. The van der Waals surface area contributed by atoms with Gasteiger partial charge in [-0.3, -0.25) is 14.9 Å². The van der Waals surface area contributed by atoms with Gasteiger partial charge in [-0.15, -0.1) is 6.58 Å². The Labute approximate surface area is 223 Å². The summed E-state index contributed by atoms with van der Waals surface area (Å²) in [5.41, 5.74) is 2.74. The summed E-state index contributed by atoms with van der Waals surface area (Å²) < 4.78 is 1.89. The number of hydrogen-bond acceptors (Lipinski definition) is 8. The molecule has 1 fully saturated rings. The van der Waals surface area contributed by atoms with E-state index in [1.165, 1.54) is 12.1 Å². The van der Waals surface area contributed by atoms with E-state index in [4.69, 9.17) is 21.6 Å². The van der Waals surface area contributed by atoms with E-state index in [-0.39, 0.29) is 11.6 Å². The summed E-state index contributed by atoms with van der Waals surface area (Å²) in [4.78, 5) is 41.4. The third-order valence-electron chi connectivity index (χ3n) is 6.29. The molecule has 194 valence electrons. The summed E-state index contributed by atoms with van der Waals surface area (Å²) in [6.07, 6.45) is 3.42. The lowest BCUT2D eigenvalue weighted by atomic mass is 10.2. The van der Waals surface area contributed by atoms with Crippen LogP contribution in [0.15, 0.2) is 67.5 Å². The number of hydrogen-bond donors (Lipinski definition) is 1. The fraction of sp³-hybridized carbons (Fsp3) is 0.231. The largest absolute Gasteiger partial charge is 0.365 e. The molecule has 12 heteroatoms. The van der Waals surface area contributed by atoms with Gasteiger partial charge in [0.2, 0.25) is 5.95 Å². The topological polar surface area (TPSA) is 122 Å². The monoisotopic (exact) mass is 532 g/mol. The Morgan fingerprint density at radius 2 is 1.89 bits per heavy atom. The zero-order valence-corrected chi connectivity index (χ0v) is 21.2. The van der Waals surface area contributed by atoms with Gasteiger partial charge in [0.25, 0.3) is 11.6 Å². The number of anilines is 2. The lowest BCUT2D eigenvalue weighted by Gasteiger charge is -2.35. The minimum Gasteiger partial charge on any atom is -0.365 e. The van der Waals surface area contributed by atoms with Gasteiger partial charge in [0, 0.05) is 55.4 Å². The number of nitrogens with zero attached hydrogens (tertiary/aromatic N) is 7. The van der Waals surface area contributed by atoms with Gasteiger partial charge in [-0.25, -0.2) is 4.98 Å². The van der Waals surface area contributed by atoms with E-state index in [2.05, 4.69) is 16.9 Å². The molecular weight excluding hydrogens is 508 g/mol. The molecule has 11 nitrogen and oxygen atoms in total. The highest BCUT2D eigenvalue weighted by Crippen LogP contribution is 2.25. The fourth-order valence-electron chi connectivity index (χ4n) is 4.32. The normalized spacial score (nSPS) is 13.5. The summed E-state index contributed by atoms with van der Waals surface area (Å²) >= 11 is 6.06. The second kappa shape index (κ2) is 10.9. The molecule has 2 aromatic carbocycles. The average Bonchev–Trinajstić information content (AvgIpc) is 3.34. The molecule has 4 aromatic rings. The van der Waals surface area contributed by atoms with Crippen molar-refractivity contribution in [1.29, 1.82) is 0 Å². The molecule has 1 amide bonds. The first-order valence-electron chi connectivity index (χ1n) is 12.0. The fourth-order valence-corrected chi connectivity index (χ4v) is 4.51. The third kappa shape index (κ3) is 5.28. The van der Waals surface area contributed by atoms with Crippen LogP contribution in [-0.4, -0.2) is 68.0 Å². The predicted octanol–water partition coefficient (Wildman–Crippen LogP) is 4.00. The summed E-state index contributed by atoms with van der Waals surface area (Å²) in [6, 6.07) is 13.4. The van der Waals surface area contributed by atoms with Crippen molar-refractivity contribution in [2.75, 3.05) is 42.9 Å². The lowest BCUT2D eigenvalue weighted by molar-refractivity contribution is -0.384. The Kier molecular flexibility index (Phi) is 7.18. The number of rotatable bonds is 8. The van der Waals surface area contributed by atoms with E-state index in [9.17, 15) is 14.9 Å². The van der Waals surface area contributed by atoms with E-state index in [1.54, 1.807) is 53.7 Å². The molecule has 0 saturated carbocycles. The maximum Gasteiger partial charge on any atom is 0.269 e. The summed E-state index contributed by atoms with van der Waals surface area (Å²) in [7, 11) is 0. The van der Waals surface area contributed by atoms with E-state index in [0.29, 0.717) is 72.8 Å². The van der Waals surface area contributed by atoms with Crippen LogP contribution in [0.2, 0.25) is 5.02 Å². The van der Waals surface area contributed by atoms with Crippen molar-refractivity contribution in [1.82, 2.24) is 24.4 Å². The van der Waals surface area contributed by atoms with Crippen LogP contribution in [-0.2, 0) is 6.54 Å². The highest BCUT2D eigenvalue weighted by atomic mass is 35.5. The van der Waals surface area contributed by atoms with E-state index < -0.39 is 4.92 Å². The highest BCUT2D eigenvalue weighted by Gasteiger charge is 2.25. The summed E-state index contributed by atoms with van der Waals surface area (Å²) in [6.45, 7) is 6.87. The molecule has 1 N–H and O–H groups in total. The van der Waals surface area contributed by atoms with Crippen molar-refractivity contribution in [2.24, 2.45) is 0 Å². The van der Waals surface area contributed by atoms with Crippen molar-refractivity contribution >= 4 is 46.1 Å². The van der Waals surface area contributed by atoms with Crippen molar-refractivity contribution in [3.8, 4) is 0 Å². The number of benzene rings is 2. The molecule has 0 spiro atoms. The smallest absolute Gasteiger partial charge is 0.269 e. The van der Waals surface area contributed by atoms with Gasteiger partial charge in [0.05, 0.1) is 17.8 Å². The number of nitro groups is 1. The minimum atomic E-state index is -0.421. The maximum absolute atomic E-state index is 12.9. The number of halogens is 1. The molecule has 0 aliphatic carbocycles. The predicted molar refractivity (Wildman–Crippen MR) is 146 cm³/mol. The van der Waals surface area contributed by atoms with Gasteiger partial charge < -0.3 is 19.7 Å². The first kappa shape index (κ1) is 25.2. The molecular formula is C26H25ClN8O3. The van der Waals surface area contributed by atoms with Crippen LogP contribution in [0.25, 0.3) is 11.2 Å². The van der Waals surface area contributed by atoms with E-state index in [1.807, 2.05) is 9.47 Å². The number of nitro benzene ring substituents is 1. The number of carbonyl (C=O) groups is 1. The van der Waals surface area contributed by atoms with Gasteiger partial charge in [0.15, 0.2) is 17.0 Å². The van der Waals surface area contributed by atoms with Crippen molar-refractivity contribution in [3.63, 3.8) is 0 Å². The van der Waals surface area contributed by atoms with E-state index in [0.717, 1.165) is 5.56 Å². The Bertz CT molecular complexity index is 1500. The first-order valence-corrected chi connectivity index (χ1v) is 12.4. The van der Waals surface area contributed by atoms with Crippen LogP contribution >= 0.6 is 11.6 Å². The third-order valence-corrected chi connectivity index (χ3v) is 6.52. The second-order valence-electron chi connectivity index (χ2n) is 8.80. The summed E-state index contributed by atoms with van der Waals surface area (Å²) in [5, 5.41) is 14.8. The molecule has 1 aliphatic rings. The van der Waals surface area contributed by atoms with Crippen LogP contribution in [0.4, 0.5) is 17.5 Å². The number of nitrogens with one attached hydrogen (secondary N) is 1.